The number of ether oxygens (including phenoxy) is 2. The average Bonchev–Trinajstić information content (AvgIpc) is 3.51. The second-order valence-electron chi connectivity index (χ2n) is 8.08. The second kappa shape index (κ2) is 9.12. The van der Waals surface area contributed by atoms with Crippen LogP contribution in [0.4, 0.5) is 14.6 Å². The summed E-state index contributed by atoms with van der Waals surface area (Å²) in [6, 6.07) is 2.64. The lowest BCUT2D eigenvalue weighted by molar-refractivity contribution is -0.118. The molecule has 9 heteroatoms. The van der Waals surface area contributed by atoms with Gasteiger partial charge >= 0.3 is 0 Å². The second-order valence-corrected chi connectivity index (χ2v) is 8.08. The number of aryl methyl sites for hydroxylation is 1. The van der Waals surface area contributed by atoms with Crippen LogP contribution in [0.2, 0.25) is 0 Å². The molecule has 7 nitrogen and oxygen atoms in total. The fourth-order valence-corrected chi connectivity index (χ4v) is 4.11. The molecule has 1 amide bonds. The molecule has 1 N–H and O–H groups in total. The lowest BCUT2D eigenvalue weighted by Crippen LogP contribution is -2.30. The van der Waals surface area contributed by atoms with Crippen LogP contribution in [0.25, 0.3) is 0 Å². The first-order valence-corrected chi connectivity index (χ1v) is 10.3. The molecule has 2 aromatic rings. The van der Waals surface area contributed by atoms with Crippen LogP contribution < -0.4 is 10.1 Å². The zero-order chi connectivity index (χ0) is 22.7. The number of halogens is 2. The summed E-state index contributed by atoms with van der Waals surface area (Å²) < 4.78 is 38.0. The highest BCUT2D eigenvalue weighted by Crippen LogP contribution is 2.60. The number of carbonyl (C=O) groups excluding carboxylic acids is 1. The van der Waals surface area contributed by atoms with E-state index in [0.717, 1.165) is 6.20 Å². The molecule has 0 radical (unpaired) electrons. The number of methoxy groups -OCH3 is 1. The largest absolute Gasteiger partial charge is 0.489 e. The number of pyridine rings is 1. The summed E-state index contributed by atoms with van der Waals surface area (Å²) in [5.41, 5.74) is 0.102. The predicted molar refractivity (Wildman–Crippen MR) is 113 cm³/mol. The monoisotopic (exact) mass is 442 g/mol. The Balaban J connectivity index is 1.52. The Hall–Kier alpha value is -3.20. The van der Waals surface area contributed by atoms with Gasteiger partial charge in [0, 0.05) is 18.4 Å². The van der Waals surface area contributed by atoms with E-state index in [1.165, 1.54) is 24.3 Å². The fraction of sp³-hybridized carbons (Fsp3) is 0.391. The van der Waals surface area contributed by atoms with Crippen molar-refractivity contribution in [3.63, 3.8) is 0 Å². The molecular weight excluding hydrogens is 418 g/mol. The first-order chi connectivity index (χ1) is 15.4. The van der Waals surface area contributed by atoms with Gasteiger partial charge in [-0.2, -0.15) is 0 Å². The zero-order valence-corrected chi connectivity index (χ0v) is 17.8. The average molecular weight is 442 g/mol. The zero-order valence-electron chi connectivity index (χ0n) is 17.8. The molecule has 1 unspecified atom stereocenters. The first kappa shape index (κ1) is 22.0. The Bertz CT molecular complexity index is 1060. The van der Waals surface area contributed by atoms with Crippen LogP contribution in [0, 0.1) is 30.0 Å². The summed E-state index contributed by atoms with van der Waals surface area (Å²) in [6.07, 6.45) is 8.43. The minimum absolute atomic E-state index is 0.0730. The van der Waals surface area contributed by atoms with E-state index in [9.17, 15) is 13.6 Å². The molecule has 0 bridgehead atoms. The Labute approximate surface area is 184 Å². The highest BCUT2D eigenvalue weighted by molar-refractivity contribution is 5.94. The van der Waals surface area contributed by atoms with E-state index in [4.69, 9.17) is 9.47 Å². The van der Waals surface area contributed by atoms with E-state index in [-0.39, 0.29) is 42.6 Å². The number of anilines is 1. The molecule has 4 rings (SSSR count). The molecule has 0 aromatic carbocycles. The highest BCUT2D eigenvalue weighted by Gasteiger charge is 2.62. The van der Waals surface area contributed by atoms with Crippen LogP contribution in [-0.2, 0) is 16.1 Å². The number of nitrogens with one attached hydrogen (secondary N) is 1. The third-order valence-corrected chi connectivity index (χ3v) is 5.93. The molecular formula is C23H24F2N4O3. The maximum absolute atomic E-state index is 13.6. The van der Waals surface area contributed by atoms with E-state index < -0.39 is 11.2 Å². The quantitative estimate of drug-likeness (QED) is 0.667. The van der Waals surface area contributed by atoms with Gasteiger partial charge in [-0.15, -0.1) is 0 Å². The van der Waals surface area contributed by atoms with Crippen LogP contribution >= 0.6 is 0 Å². The van der Waals surface area contributed by atoms with Crippen molar-refractivity contribution >= 4 is 11.7 Å². The molecule has 2 aliphatic rings. The van der Waals surface area contributed by atoms with Crippen molar-refractivity contribution in [1.29, 1.82) is 0 Å². The van der Waals surface area contributed by atoms with Crippen molar-refractivity contribution < 1.29 is 23.0 Å². The van der Waals surface area contributed by atoms with Gasteiger partial charge in [-0.25, -0.2) is 23.7 Å². The number of nitrogens with zero attached hydrogens (tertiary/aromatic N) is 3. The van der Waals surface area contributed by atoms with Crippen LogP contribution in [0.3, 0.4) is 0 Å². The van der Waals surface area contributed by atoms with Crippen LogP contribution in [0.5, 0.6) is 5.75 Å². The maximum Gasteiger partial charge on any atom is 0.229 e. The van der Waals surface area contributed by atoms with Gasteiger partial charge in [-0.3, -0.25) is 4.79 Å². The van der Waals surface area contributed by atoms with Crippen molar-refractivity contribution in [2.24, 2.45) is 17.3 Å². The number of allylic oxidation sites excluding steroid dienone is 4. The lowest BCUT2D eigenvalue weighted by Gasteiger charge is -2.27. The highest BCUT2D eigenvalue weighted by atomic mass is 19.1. The van der Waals surface area contributed by atoms with Gasteiger partial charge in [0.05, 0.1) is 25.6 Å². The summed E-state index contributed by atoms with van der Waals surface area (Å²) >= 11 is 0. The van der Waals surface area contributed by atoms with Crippen molar-refractivity contribution in [3.8, 4) is 5.75 Å². The van der Waals surface area contributed by atoms with Crippen LogP contribution in [0.1, 0.15) is 24.4 Å². The number of hydrogen-bond donors (Lipinski definition) is 1. The molecule has 2 heterocycles. The third kappa shape index (κ3) is 4.67. The SMILES string of the molecule is COCc1nc(C)ncc1OC[C@@]1(C2C=CC(F)=CC2)C[C@H]1C(=O)Nc1ccc(F)cn1. The van der Waals surface area contributed by atoms with Gasteiger partial charge in [0.15, 0.2) is 5.75 Å². The predicted octanol–water partition coefficient (Wildman–Crippen LogP) is 3.92. The standard InChI is InChI=1S/C23H24F2N4O3/c1-14-26-11-20(19(28-14)12-31-2)32-13-23(15-3-5-16(24)6-4-15)9-18(23)22(30)29-21-8-7-17(25)10-27-21/h3,5-8,10-11,15,18H,4,9,12-13H2,1-2H3,(H,27,29,30)/t15?,18-,23+/m0/s1. The molecule has 168 valence electrons. The molecule has 2 aromatic heterocycles. The van der Waals surface area contributed by atoms with Gasteiger partial charge in [0.25, 0.3) is 0 Å². The molecule has 0 saturated heterocycles. The van der Waals surface area contributed by atoms with Crippen molar-refractivity contribution in [3.05, 3.63) is 65.9 Å². The molecule has 1 fully saturated rings. The number of hydrogen-bond acceptors (Lipinski definition) is 6. The number of rotatable bonds is 8. The third-order valence-electron chi connectivity index (χ3n) is 5.93. The van der Waals surface area contributed by atoms with E-state index >= 15 is 0 Å². The first-order valence-electron chi connectivity index (χ1n) is 10.3. The van der Waals surface area contributed by atoms with Crippen molar-refractivity contribution in [1.82, 2.24) is 15.0 Å². The Morgan fingerprint density at radius 2 is 2.12 bits per heavy atom. The van der Waals surface area contributed by atoms with Gasteiger partial charge in [0.2, 0.25) is 5.91 Å². The van der Waals surface area contributed by atoms with Gasteiger partial charge in [-0.05, 0) is 50.0 Å². The minimum Gasteiger partial charge on any atom is -0.489 e. The summed E-state index contributed by atoms with van der Waals surface area (Å²) in [7, 11) is 1.57. The summed E-state index contributed by atoms with van der Waals surface area (Å²) in [5, 5.41) is 2.74. The summed E-state index contributed by atoms with van der Waals surface area (Å²) in [6.45, 7) is 2.28. The normalized spacial score (nSPS) is 24.1. The minimum atomic E-state index is -0.521. The Kier molecular flexibility index (Phi) is 6.27. The molecule has 1 saturated carbocycles. The van der Waals surface area contributed by atoms with E-state index in [1.807, 2.05) is 0 Å². The van der Waals surface area contributed by atoms with Gasteiger partial charge in [0.1, 0.15) is 29.0 Å². The van der Waals surface area contributed by atoms with E-state index in [1.54, 1.807) is 26.3 Å². The van der Waals surface area contributed by atoms with Gasteiger partial charge in [-0.1, -0.05) is 6.08 Å². The Morgan fingerprint density at radius 3 is 2.81 bits per heavy atom. The summed E-state index contributed by atoms with van der Waals surface area (Å²) in [4.78, 5) is 25.4. The van der Waals surface area contributed by atoms with E-state index in [2.05, 4.69) is 20.3 Å². The molecule has 2 aliphatic carbocycles. The topological polar surface area (TPSA) is 86.2 Å². The summed E-state index contributed by atoms with van der Waals surface area (Å²) in [5.74, 6) is -0.0674. The Morgan fingerprint density at radius 1 is 1.28 bits per heavy atom. The molecule has 3 atom stereocenters. The van der Waals surface area contributed by atoms with Gasteiger partial charge < -0.3 is 14.8 Å². The molecule has 0 spiro atoms. The van der Waals surface area contributed by atoms with Crippen LogP contribution in [0.15, 0.2) is 48.6 Å². The molecule has 32 heavy (non-hydrogen) atoms. The maximum atomic E-state index is 13.6. The lowest BCUT2D eigenvalue weighted by atomic mass is 9.82. The van der Waals surface area contributed by atoms with Crippen LogP contribution in [-0.4, -0.2) is 34.6 Å². The molecule has 0 aliphatic heterocycles. The van der Waals surface area contributed by atoms with Crippen molar-refractivity contribution in [2.75, 3.05) is 19.0 Å². The number of carbonyl (C=O) groups is 1. The smallest absolute Gasteiger partial charge is 0.229 e. The number of aromatic nitrogens is 3. The van der Waals surface area contributed by atoms with Crippen molar-refractivity contribution in [2.45, 2.75) is 26.4 Å². The number of amides is 1. The fourth-order valence-electron chi connectivity index (χ4n) is 4.11. The van der Waals surface area contributed by atoms with E-state index in [0.29, 0.717) is 30.1 Å².